The number of pyridine rings is 1. The van der Waals surface area contributed by atoms with Crippen LogP contribution in [0.25, 0.3) is 0 Å². The summed E-state index contributed by atoms with van der Waals surface area (Å²) < 4.78 is 33.4. The van der Waals surface area contributed by atoms with Gasteiger partial charge in [0.05, 0.1) is 16.9 Å². The highest BCUT2D eigenvalue weighted by molar-refractivity contribution is 7.89. The summed E-state index contributed by atoms with van der Waals surface area (Å²) in [6.07, 6.45) is 5.07. The number of ether oxygens (including phenoxy) is 1. The molecule has 0 atom stereocenters. The molecule has 0 saturated heterocycles. The molecule has 1 saturated carbocycles. The minimum absolute atomic E-state index is 0.114. The van der Waals surface area contributed by atoms with Crippen molar-refractivity contribution in [2.24, 2.45) is 5.92 Å². The average molecular weight is 435 g/mol. The van der Waals surface area contributed by atoms with Gasteiger partial charge < -0.3 is 10.1 Å². The number of nitrogens with zero attached hydrogens (tertiary/aromatic N) is 2. The summed E-state index contributed by atoms with van der Waals surface area (Å²) in [5.41, 5.74) is 0.633. The van der Waals surface area contributed by atoms with Gasteiger partial charge in [-0.1, -0.05) is 13.0 Å². The SMILES string of the molecule is COc1ncccc1CNc1ccc(S(=O)(=O)NC2CCC(C)CC2)cc1[N+](=O)[O-]. The van der Waals surface area contributed by atoms with Gasteiger partial charge in [-0.25, -0.2) is 18.1 Å². The number of methoxy groups -OCH3 is 1. The fourth-order valence-electron chi connectivity index (χ4n) is 3.58. The first-order valence-corrected chi connectivity index (χ1v) is 11.3. The van der Waals surface area contributed by atoms with Crippen molar-refractivity contribution in [1.82, 2.24) is 9.71 Å². The molecule has 1 heterocycles. The summed E-state index contributed by atoms with van der Waals surface area (Å²) in [5.74, 6) is 1.01. The minimum atomic E-state index is -3.84. The number of nitro groups is 1. The van der Waals surface area contributed by atoms with Crippen LogP contribution >= 0.6 is 0 Å². The summed E-state index contributed by atoms with van der Waals surface area (Å²) >= 11 is 0. The summed E-state index contributed by atoms with van der Waals surface area (Å²) in [7, 11) is -2.35. The number of sulfonamides is 1. The molecule has 3 rings (SSSR count). The smallest absolute Gasteiger partial charge is 0.293 e. The molecule has 0 bridgehead atoms. The minimum Gasteiger partial charge on any atom is -0.481 e. The third-order valence-electron chi connectivity index (χ3n) is 5.33. The fourth-order valence-corrected chi connectivity index (χ4v) is 4.90. The van der Waals surface area contributed by atoms with Gasteiger partial charge in [0, 0.05) is 30.4 Å². The van der Waals surface area contributed by atoms with Crippen LogP contribution in [0.4, 0.5) is 11.4 Å². The lowest BCUT2D eigenvalue weighted by atomic mass is 9.88. The summed E-state index contributed by atoms with van der Waals surface area (Å²) in [5, 5.41) is 14.5. The van der Waals surface area contributed by atoms with Crippen molar-refractivity contribution in [3.8, 4) is 5.88 Å². The summed E-state index contributed by atoms with van der Waals surface area (Å²) in [4.78, 5) is 15.0. The number of benzene rings is 1. The molecule has 1 aromatic carbocycles. The van der Waals surface area contributed by atoms with Gasteiger partial charge in [0.2, 0.25) is 15.9 Å². The number of nitro benzene ring substituents is 1. The molecule has 1 fully saturated rings. The molecule has 1 aromatic heterocycles. The Kier molecular flexibility index (Phi) is 6.88. The largest absolute Gasteiger partial charge is 0.481 e. The number of nitrogens with one attached hydrogen (secondary N) is 2. The van der Waals surface area contributed by atoms with Crippen molar-refractivity contribution in [3.63, 3.8) is 0 Å². The fraction of sp³-hybridized carbons (Fsp3) is 0.450. The predicted octanol–water partition coefficient (Wildman–Crippen LogP) is 3.47. The molecule has 30 heavy (non-hydrogen) atoms. The predicted molar refractivity (Wildman–Crippen MR) is 113 cm³/mol. The highest BCUT2D eigenvalue weighted by Gasteiger charge is 2.26. The molecule has 2 N–H and O–H groups in total. The van der Waals surface area contributed by atoms with Crippen LogP contribution in [0.1, 0.15) is 38.2 Å². The van der Waals surface area contributed by atoms with Gasteiger partial charge in [-0.3, -0.25) is 10.1 Å². The molecule has 2 aromatic rings. The molecule has 0 unspecified atom stereocenters. The molecule has 162 valence electrons. The van der Waals surface area contributed by atoms with E-state index < -0.39 is 14.9 Å². The second kappa shape index (κ2) is 9.40. The lowest BCUT2D eigenvalue weighted by Gasteiger charge is -2.26. The number of hydrogen-bond acceptors (Lipinski definition) is 7. The van der Waals surface area contributed by atoms with E-state index in [4.69, 9.17) is 4.74 Å². The average Bonchev–Trinajstić information content (AvgIpc) is 2.73. The maximum absolute atomic E-state index is 12.8. The monoisotopic (exact) mass is 434 g/mol. The van der Waals surface area contributed by atoms with Crippen molar-refractivity contribution in [3.05, 3.63) is 52.2 Å². The third kappa shape index (κ3) is 5.25. The van der Waals surface area contributed by atoms with E-state index in [1.165, 1.54) is 19.2 Å². The molecule has 10 heteroatoms. The van der Waals surface area contributed by atoms with Gasteiger partial charge in [0.15, 0.2) is 0 Å². The van der Waals surface area contributed by atoms with Gasteiger partial charge in [-0.15, -0.1) is 0 Å². The van der Waals surface area contributed by atoms with Crippen LogP contribution < -0.4 is 14.8 Å². The Morgan fingerprint density at radius 3 is 2.63 bits per heavy atom. The van der Waals surface area contributed by atoms with Crippen molar-refractivity contribution in [1.29, 1.82) is 0 Å². The van der Waals surface area contributed by atoms with Gasteiger partial charge in [-0.05, 0) is 49.8 Å². The first-order valence-electron chi connectivity index (χ1n) is 9.82. The molecule has 0 radical (unpaired) electrons. The molecule has 9 nitrogen and oxygen atoms in total. The van der Waals surface area contributed by atoms with Gasteiger partial charge >= 0.3 is 0 Å². The normalized spacial score (nSPS) is 19.3. The standard InChI is InChI=1S/C20H26N4O5S/c1-14-5-7-16(8-6-14)23-30(27,28)17-9-10-18(19(12-17)24(25)26)22-13-15-4-3-11-21-20(15)29-2/h3-4,9-12,14,16,22-23H,5-8,13H2,1-2H3. The first-order chi connectivity index (χ1) is 14.3. The van der Waals surface area contributed by atoms with Crippen LogP contribution in [0.15, 0.2) is 41.4 Å². The van der Waals surface area contributed by atoms with E-state index in [2.05, 4.69) is 21.9 Å². The van der Waals surface area contributed by atoms with Crippen molar-refractivity contribution < 1.29 is 18.1 Å². The van der Waals surface area contributed by atoms with Crippen LogP contribution in [0, 0.1) is 16.0 Å². The van der Waals surface area contributed by atoms with E-state index in [0.29, 0.717) is 11.8 Å². The van der Waals surface area contributed by atoms with Gasteiger partial charge in [0.1, 0.15) is 5.69 Å². The van der Waals surface area contributed by atoms with Crippen molar-refractivity contribution >= 4 is 21.4 Å². The first kappa shape index (κ1) is 22.0. The lowest BCUT2D eigenvalue weighted by molar-refractivity contribution is -0.384. The second-order valence-corrected chi connectivity index (χ2v) is 9.25. The van der Waals surface area contributed by atoms with Crippen LogP contribution in [-0.2, 0) is 16.6 Å². The highest BCUT2D eigenvalue weighted by atomic mass is 32.2. The molecule has 0 aliphatic heterocycles. The maximum atomic E-state index is 12.8. The van der Waals surface area contributed by atoms with E-state index >= 15 is 0 Å². The van der Waals surface area contributed by atoms with Gasteiger partial charge in [0.25, 0.3) is 5.69 Å². The zero-order valence-corrected chi connectivity index (χ0v) is 17.8. The zero-order valence-electron chi connectivity index (χ0n) is 17.0. The van der Waals surface area contributed by atoms with E-state index in [9.17, 15) is 18.5 Å². The summed E-state index contributed by atoms with van der Waals surface area (Å²) in [6, 6.07) is 7.28. The van der Waals surface area contributed by atoms with Crippen molar-refractivity contribution in [2.45, 2.75) is 50.1 Å². The van der Waals surface area contributed by atoms with E-state index in [-0.39, 0.29) is 28.9 Å². The Labute approximate surface area is 176 Å². The molecular weight excluding hydrogens is 408 g/mol. The Balaban J connectivity index is 1.78. The number of aromatic nitrogens is 1. The Morgan fingerprint density at radius 2 is 1.97 bits per heavy atom. The molecule has 0 amide bonds. The van der Waals surface area contributed by atoms with Crippen LogP contribution in [0.5, 0.6) is 5.88 Å². The Morgan fingerprint density at radius 1 is 1.23 bits per heavy atom. The van der Waals surface area contributed by atoms with Crippen LogP contribution in [0.3, 0.4) is 0 Å². The molecule has 0 spiro atoms. The number of hydrogen-bond donors (Lipinski definition) is 2. The third-order valence-corrected chi connectivity index (χ3v) is 6.84. The van der Waals surface area contributed by atoms with Crippen LogP contribution in [-0.4, -0.2) is 31.5 Å². The van der Waals surface area contributed by atoms with E-state index in [1.807, 2.05) is 0 Å². The van der Waals surface area contributed by atoms with Gasteiger partial charge in [-0.2, -0.15) is 0 Å². The Hall–Kier alpha value is -2.72. The number of rotatable bonds is 8. The van der Waals surface area contributed by atoms with E-state index in [1.54, 1.807) is 18.3 Å². The lowest BCUT2D eigenvalue weighted by Crippen LogP contribution is -2.37. The van der Waals surface area contributed by atoms with Crippen LogP contribution in [0.2, 0.25) is 0 Å². The zero-order chi connectivity index (χ0) is 21.7. The highest BCUT2D eigenvalue weighted by Crippen LogP contribution is 2.30. The number of anilines is 1. The Bertz CT molecular complexity index is 1000. The molecule has 1 aliphatic rings. The molecular formula is C20H26N4O5S. The second-order valence-electron chi connectivity index (χ2n) is 7.54. The van der Waals surface area contributed by atoms with E-state index in [0.717, 1.165) is 37.3 Å². The maximum Gasteiger partial charge on any atom is 0.293 e. The quantitative estimate of drug-likeness (QED) is 0.481. The molecule has 1 aliphatic carbocycles. The topological polar surface area (TPSA) is 123 Å². The van der Waals surface area contributed by atoms with Crippen molar-refractivity contribution in [2.75, 3.05) is 12.4 Å². The summed E-state index contributed by atoms with van der Waals surface area (Å²) in [6.45, 7) is 2.39.